The molecule has 2 heterocycles. The van der Waals surface area contributed by atoms with Crippen LogP contribution in [-0.2, 0) is 6.42 Å². The van der Waals surface area contributed by atoms with Crippen LogP contribution in [0, 0.1) is 0 Å². The van der Waals surface area contributed by atoms with E-state index in [2.05, 4.69) is 21.0 Å². The fourth-order valence-electron chi connectivity index (χ4n) is 1.86. The number of halogens is 1. The minimum Gasteiger partial charge on any atom is -0.260 e. The van der Waals surface area contributed by atoms with Crippen LogP contribution in [0.2, 0.25) is 5.15 Å². The Labute approximate surface area is 109 Å². The van der Waals surface area contributed by atoms with Crippen LogP contribution in [0.1, 0.15) is 11.4 Å². The van der Waals surface area contributed by atoms with Crippen LogP contribution in [-0.4, -0.2) is 15.0 Å². The summed E-state index contributed by atoms with van der Waals surface area (Å²) in [6, 6.07) is 12.1. The highest BCUT2D eigenvalue weighted by atomic mass is 35.5. The molecule has 0 saturated carbocycles. The van der Waals surface area contributed by atoms with Gasteiger partial charge < -0.3 is 0 Å². The standard InChI is InChI=1S/C14H10ClN3/c15-14-9-16-8-12(18-14)7-11-6-5-10-3-1-2-4-13(10)17-11/h1-6,8-9H,7H2. The topological polar surface area (TPSA) is 38.7 Å². The summed E-state index contributed by atoms with van der Waals surface area (Å²) in [5.41, 5.74) is 2.78. The van der Waals surface area contributed by atoms with Crippen molar-refractivity contribution in [2.75, 3.05) is 0 Å². The van der Waals surface area contributed by atoms with Crippen molar-refractivity contribution in [2.45, 2.75) is 6.42 Å². The summed E-state index contributed by atoms with van der Waals surface area (Å²) in [6.45, 7) is 0. The molecule has 0 aliphatic heterocycles. The second-order valence-corrected chi connectivity index (χ2v) is 4.39. The Morgan fingerprint density at radius 2 is 1.78 bits per heavy atom. The van der Waals surface area contributed by atoms with Crippen molar-refractivity contribution in [2.24, 2.45) is 0 Å². The van der Waals surface area contributed by atoms with Crippen molar-refractivity contribution in [3.05, 3.63) is 65.3 Å². The third kappa shape index (κ3) is 2.31. The van der Waals surface area contributed by atoms with Gasteiger partial charge in [-0.25, -0.2) is 4.98 Å². The molecule has 0 saturated heterocycles. The Kier molecular flexibility index (Phi) is 2.90. The Morgan fingerprint density at radius 1 is 0.889 bits per heavy atom. The van der Waals surface area contributed by atoms with Gasteiger partial charge in [0.25, 0.3) is 0 Å². The summed E-state index contributed by atoms with van der Waals surface area (Å²) >= 11 is 5.81. The largest absolute Gasteiger partial charge is 0.260 e. The fourth-order valence-corrected chi connectivity index (χ4v) is 2.02. The van der Waals surface area contributed by atoms with Crippen molar-refractivity contribution in [3.63, 3.8) is 0 Å². The van der Waals surface area contributed by atoms with Crippen LogP contribution >= 0.6 is 11.6 Å². The average molecular weight is 256 g/mol. The molecule has 3 aromatic rings. The molecule has 0 unspecified atom stereocenters. The van der Waals surface area contributed by atoms with Crippen molar-refractivity contribution in [3.8, 4) is 0 Å². The lowest BCUT2D eigenvalue weighted by Gasteiger charge is -2.02. The summed E-state index contributed by atoms with van der Waals surface area (Å²) < 4.78 is 0. The van der Waals surface area contributed by atoms with Crippen molar-refractivity contribution in [1.29, 1.82) is 0 Å². The number of rotatable bonds is 2. The van der Waals surface area contributed by atoms with Crippen molar-refractivity contribution >= 4 is 22.5 Å². The molecule has 0 spiro atoms. The average Bonchev–Trinajstić information content (AvgIpc) is 2.39. The second kappa shape index (κ2) is 4.70. The third-order valence-electron chi connectivity index (χ3n) is 2.67. The lowest BCUT2D eigenvalue weighted by Crippen LogP contribution is -1.96. The summed E-state index contributed by atoms with van der Waals surface area (Å²) in [6.07, 6.45) is 3.88. The first-order valence-electron chi connectivity index (χ1n) is 5.62. The van der Waals surface area contributed by atoms with Crippen LogP contribution in [0.4, 0.5) is 0 Å². The number of aromatic nitrogens is 3. The highest BCUT2D eigenvalue weighted by Gasteiger charge is 2.02. The van der Waals surface area contributed by atoms with E-state index in [9.17, 15) is 0 Å². The van der Waals surface area contributed by atoms with E-state index in [4.69, 9.17) is 11.6 Å². The Balaban J connectivity index is 1.95. The molecule has 0 aliphatic rings. The number of hydrogen-bond donors (Lipinski definition) is 0. The van der Waals surface area contributed by atoms with Gasteiger partial charge in [0.1, 0.15) is 5.15 Å². The Hall–Kier alpha value is -2.00. The SMILES string of the molecule is Clc1cncc(Cc2ccc3ccccc3n2)n1. The number of para-hydroxylation sites is 1. The summed E-state index contributed by atoms with van der Waals surface area (Å²) in [7, 11) is 0. The molecule has 0 bridgehead atoms. The number of hydrogen-bond acceptors (Lipinski definition) is 3. The van der Waals surface area contributed by atoms with Gasteiger partial charge >= 0.3 is 0 Å². The minimum absolute atomic E-state index is 0.410. The van der Waals surface area contributed by atoms with Gasteiger partial charge in [0, 0.05) is 23.7 Å². The van der Waals surface area contributed by atoms with Gasteiger partial charge in [0.05, 0.1) is 17.4 Å². The van der Waals surface area contributed by atoms with Crippen LogP contribution in [0.25, 0.3) is 10.9 Å². The van der Waals surface area contributed by atoms with E-state index in [1.54, 1.807) is 6.20 Å². The zero-order valence-corrected chi connectivity index (χ0v) is 10.3. The van der Waals surface area contributed by atoms with Crippen LogP contribution < -0.4 is 0 Å². The first-order valence-corrected chi connectivity index (χ1v) is 6.00. The molecule has 4 heteroatoms. The number of pyridine rings is 1. The van der Waals surface area contributed by atoms with Gasteiger partial charge in [-0.3, -0.25) is 9.97 Å². The molecule has 0 aliphatic carbocycles. The zero-order valence-electron chi connectivity index (χ0n) is 9.55. The summed E-state index contributed by atoms with van der Waals surface area (Å²) in [5.74, 6) is 0. The molecule has 0 radical (unpaired) electrons. The smallest absolute Gasteiger partial charge is 0.147 e. The summed E-state index contributed by atoms with van der Waals surface area (Å²) in [5, 5.41) is 1.55. The van der Waals surface area contributed by atoms with Crippen molar-refractivity contribution < 1.29 is 0 Å². The number of benzene rings is 1. The lowest BCUT2D eigenvalue weighted by molar-refractivity contribution is 0.997. The van der Waals surface area contributed by atoms with E-state index in [-0.39, 0.29) is 0 Å². The van der Waals surface area contributed by atoms with Crippen LogP contribution in [0.3, 0.4) is 0 Å². The molecule has 0 amide bonds. The van der Waals surface area contributed by atoms with E-state index < -0.39 is 0 Å². The molecular formula is C14H10ClN3. The molecule has 18 heavy (non-hydrogen) atoms. The minimum atomic E-state index is 0.410. The Morgan fingerprint density at radius 3 is 2.67 bits per heavy atom. The van der Waals surface area contributed by atoms with Crippen LogP contribution in [0.5, 0.6) is 0 Å². The van der Waals surface area contributed by atoms with Gasteiger partial charge in [-0.15, -0.1) is 0 Å². The van der Waals surface area contributed by atoms with Gasteiger partial charge in [-0.2, -0.15) is 0 Å². The predicted octanol–water partition coefficient (Wildman–Crippen LogP) is 3.27. The lowest BCUT2D eigenvalue weighted by atomic mass is 10.1. The highest BCUT2D eigenvalue weighted by Crippen LogP contribution is 2.14. The summed E-state index contributed by atoms with van der Waals surface area (Å²) in [4.78, 5) is 12.8. The maximum Gasteiger partial charge on any atom is 0.147 e. The van der Waals surface area contributed by atoms with E-state index in [1.807, 2.05) is 30.3 Å². The molecule has 1 aromatic carbocycles. The molecular weight excluding hydrogens is 246 g/mol. The van der Waals surface area contributed by atoms with Gasteiger partial charge in [-0.05, 0) is 12.1 Å². The second-order valence-electron chi connectivity index (χ2n) is 4.01. The Bertz CT molecular complexity index is 697. The molecule has 3 rings (SSSR count). The van der Waals surface area contributed by atoms with Crippen molar-refractivity contribution in [1.82, 2.24) is 15.0 Å². The normalized spacial score (nSPS) is 10.7. The van der Waals surface area contributed by atoms with Gasteiger partial charge in [0.2, 0.25) is 0 Å². The number of fused-ring (bicyclic) bond motifs is 1. The molecule has 0 atom stereocenters. The fraction of sp³-hybridized carbons (Fsp3) is 0.0714. The first kappa shape index (κ1) is 11.1. The monoisotopic (exact) mass is 255 g/mol. The first-order chi connectivity index (χ1) is 8.81. The maximum absolute atomic E-state index is 5.81. The van der Waals surface area contributed by atoms with Gasteiger partial charge in [0.15, 0.2) is 0 Å². The molecule has 3 nitrogen and oxygen atoms in total. The van der Waals surface area contributed by atoms with E-state index in [0.717, 1.165) is 22.3 Å². The quantitative estimate of drug-likeness (QED) is 0.705. The van der Waals surface area contributed by atoms with E-state index in [0.29, 0.717) is 11.6 Å². The number of nitrogens with zero attached hydrogens (tertiary/aromatic N) is 3. The molecule has 0 N–H and O–H groups in total. The van der Waals surface area contributed by atoms with E-state index >= 15 is 0 Å². The third-order valence-corrected chi connectivity index (χ3v) is 2.86. The molecule has 88 valence electrons. The highest BCUT2D eigenvalue weighted by molar-refractivity contribution is 6.29. The van der Waals surface area contributed by atoms with Gasteiger partial charge in [-0.1, -0.05) is 35.9 Å². The predicted molar refractivity (Wildman–Crippen MR) is 71.6 cm³/mol. The maximum atomic E-state index is 5.81. The molecule has 0 fully saturated rings. The zero-order chi connectivity index (χ0) is 12.4. The molecule has 2 aromatic heterocycles. The van der Waals surface area contributed by atoms with Crippen LogP contribution in [0.15, 0.2) is 48.8 Å². The van der Waals surface area contributed by atoms with E-state index in [1.165, 1.54) is 6.20 Å².